The maximum Gasteiger partial charge on any atom is 0.171 e. The molecule has 0 spiro atoms. The Morgan fingerprint density at radius 2 is 2.24 bits per heavy atom. The molecule has 1 unspecified atom stereocenters. The SMILES string of the molecule is CCCC(Cc1ccc2c(c1)OOC2)NCC. The smallest absolute Gasteiger partial charge is 0.171 e. The van der Waals surface area contributed by atoms with Crippen molar-refractivity contribution in [2.75, 3.05) is 6.54 Å². The number of likely N-dealkylation sites (N-methyl/N-ethyl adjacent to an activating group) is 1. The average molecular weight is 235 g/mol. The van der Waals surface area contributed by atoms with Gasteiger partial charge in [-0.1, -0.05) is 32.4 Å². The van der Waals surface area contributed by atoms with E-state index in [4.69, 9.17) is 9.78 Å². The van der Waals surface area contributed by atoms with Crippen molar-refractivity contribution in [1.82, 2.24) is 5.32 Å². The summed E-state index contributed by atoms with van der Waals surface area (Å²) in [5.41, 5.74) is 2.46. The summed E-state index contributed by atoms with van der Waals surface area (Å²) in [5, 5.41) is 3.53. The van der Waals surface area contributed by atoms with Gasteiger partial charge in [-0.3, -0.25) is 0 Å². The first-order valence-electron chi connectivity index (χ1n) is 6.48. The topological polar surface area (TPSA) is 30.5 Å². The van der Waals surface area contributed by atoms with Crippen LogP contribution in [0.15, 0.2) is 18.2 Å². The first kappa shape index (κ1) is 12.4. The lowest BCUT2D eigenvalue weighted by atomic mass is 10.0. The summed E-state index contributed by atoms with van der Waals surface area (Å²) < 4.78 is 0. The number of fused-ring (bicyclic) bond motifs is 1. The van der Waals surface area contributed by atoms with E-state index in [9.17, 15) is 0 Å². The molecule has 0 aromatic heterocycles. The number of hydrogen-bond donors (Lipinski definition) is 1. The Kier molecular flexibility index (Phi) is 4.40. The number of rotatable bonds is 6. The van der Waals surface area contributed by atoms with Crippen molar-refractivity contribution >= 4 is 0 Å². The molecule has 1 aliphatic heterocycles. The highest BCUT2D eigenvalue weighted by atomic mass is 17.2. The second kappa shape index (κ2) is 6.03. The zero-order valence-electron chi connectivity index (χ0n) is 10.7. The van der Waals surface area contributed by atoms with Crippen LogP contribution in [0.25, 0.3) is 0 Å². The van der Waals surface area contributed by atoms with Crippen LogP contribution < -0.4 is 10.2 Å². The van der Waals surface area contributed by atoms with E-state index in [1.165, 1.54) is 18.4 Å². The van der Waals surface area contributed by atoms with Gasteiger partial charge in [-0.15, -0.1) is 0 Å². The van der Waals surface area contributed by atoms with Gasteiger partial charge in [-0.2, -0.15) is 4.89 Å². The van der Waals surface area contributed by atoms with Gasteiger partial charge in [-0.25, -0.2) is 0 Å². The third kappa shape index (κ3) is 3.20. The molecular weight excluding hydrogens is 214 g/mol. The van der Waals surface area contributed by atoms with Gasteiger partial charge in [0.05, 0.1) is 0 Å². The normalized spacial score (nSPS) is 15.4. The van der Waals surface area contributed by atoms with Crippen LogP contribution in [0.1, 0.15) is 37.8 Å². The molecule has 1 aromatic carbocycles. The fourth-order valence-electron chi connectivity index (χ4n) is 2.28. The van der Waals surface area contributed by atoms with Crippen molar-refractivity contribution in [3.05, 3.63) is 29.3 Å². The maximum atomic E-state index is 5.12. The van der Waals surface area contributed by atoms with Crippen molar-refractivity contribution in [3.8, 4) is 5.75 Å². The quantitative estimate of drug-likeness (QED) is 0.769. The van der Waals surface area contributed by atoms with Gasteiger partial charge in [0.15, 0.2) is 5.75 Å². The lowest BCUT2D eigenvalue weighted by Gasteiger charge is -2.17. The minimum atomic E-state index is 0.561. The highest BCUT2D eigenvalue weighted by Gasteiger charge is 2.15. The van der Waals surface area contributed by atoms with E-state index >= 15 is 0 Å². The van der Waals surface area contributed by atoms with Gasteiger partial charge in [-0.05, 0) is 31.0 Å². The first-order chi connectivity index (χ1) is 8.33. The highest BCUT2D eigenvalue weighted by molar-refractivity contribution is 5.38. The largest absolute Gasteiger partial charge is 0.337 e. The highest BCUT2D eigenvalue weighted by Crippen LogP contribution is 2.27. The van der Waals surface area contributed by atoms with Gasteiger partial charge in [0.2, 0.25) is 0 Å². The molecule has 2 rings (SSSR count). The Morgan fingerprint density at radius 3 is 3.00 bits per heavy atom. The van der Waals surface area contributed by atoms with E-state index in [2.05, 4.69) is 37.4 Å². The van der Waals surface area contributed by atoms with Crippen LogP contribution in [-0.2, 0) is 17.9 Å². The van der Waals surface area contributed by atoms with Crippen LogP contribution >= 0.6 is 0 Å². The van der Waals surface area contributed by atoms with Crippen molar-refractivity contribution in [3.63, 3.8) is 0 Å². The number of hydrogen-bond acceptors (Lipinski definition) is 3. The first-order valence-corrected chi connectivity index (χ1v) is 6.48. The van der Waals surface area contributed by atoms with Crippen LogP contribution in [0.5, 0.6) is 5.75 Å². The molecular formula is C14H21NO2. The lowest BCUT2D eigenvalue weighted by Crippen LogP contribution is -2.30. The predicted octanol–water partition coefficient (Wildman–Crippen LogP) is 2.83. The zero-order chi connectivity index (χ0) is 12.1. The molecule has 0 saturated carbocycles. The molecule has 1 heterocycles. The van der Waals surface area contributed by atoms with E-state index in [1.54, 1.807) is 0 Å². The van der Waals surface area contributed by atoms with Gasteiger partial charge in [0, 0.05) is 11.6 Å². The molecule has 0 fully saturated rings. The third-order valence-electron chi connectivity index (χ3n) is 3.11. The van der Waals surface area contributed by atoms with E-state index < -0.39 is 0 Å². The summed E-state index contributed by atoms with van der Waals surface area (Å²) in [6.07, 6.45) is 3.48. The fraction of sp³-hybridized carbons (Fsp3) is 0.571. The predicted molar refractivity (Wildman–Crippen MR) is 67.9 cm³/mol. The van der Waals surface area contributed by atoms with Gasteiger partial charge >= 0.3 is 0 Å². The van der Waals surface area contributed by atoms with E-state index in [1.807, 2.05) is 0 Å². The van der Waals surface area contributed by atoms with Crippen molar-refractivity contribution in [2.45, 2.75) is 45.8 Å². The van der Waals surface area contributed by atoms with Crippen LogP contribution in [0, 0.1) is 0 Å². The van der Waals surface area contributed by atoms with Crippen molar-refractivity contribution in [2.24, 2.45) is 0 Å². The van der Waals surface area contributed by atoms with Crippen molar-refractivity contribution in [1.29, 1.82) is 0 Å². The van der Waals surface area contributed by atoms with Crippen LogP contribution in [0.2, 0.25) is 0 Å². The lowest BCUT2D eigenvalue weighted by molar-refractivity contribution is -0.194. The molecule has 17 heavy (non-hydrogen) atoms. The third-order valence-corrected chi connectivity index (χ3v) is 3.11. The Hall–Kier alpha value is -1.06. The summed E-state index contributed by atoms with van der Waals surface area (Å²) in [4.78, 5) is 10.1. The standard InChI is InChI=1S/C14H21NO2/c1-3-5-13(15-4-2)8-11-6-7-12-10-16-17-14(12)9-11/h6-7,9,13,15H,3-5,8,10H2,1-2H3. The molecule has 1 aliphatic rings. The molecule has 1 N–H and O–H groups in total. The maximum absolute atomic E-state index is 5.12. The molecule has 0 radical (unpaired) electrons. The summed E-state index contributed by atoms with van der Waals surface area (Å²) >= 11 is 0. The van der Waals surface area contributed by atoms with E-state index in [0.29, 0.717) is 12.6 Å². The molecule has 1 atom stereocenters. The Balaban J connectivity index is 2.01. The molecule has 3 nitrogen and oxygen atoms in total. The van der Waals surface area contributed by atoms with Crippen LogP contribution in [0.3, 0.4) is 0 Å². The Morgan fingerprint density at radius 1 is 1.35 bits per heavy atom. The molecule has 1 aromatic rings. The summed E-state index contributed by atoms with van der Waals surface area (Å²) in [5.74, 6) is 0.884. The Bertz CT molecular complexity index is 359. The van der Waals surface area contributed by atoms with E-state index in [0.717, 1.165) is 24.3 Å². The van der Waals surface area contributed by atoms with E-state index in [-0.39, 0.29) is 0 Å². The second-order valence-corrected chi connectivity index (χ2v) is 4.53. The molecule has 3 heteroatoms. The van der Waals surface area contributed by atoms with Gasteiger partial charge in [0.25, 0.3) is 0 Å². The minimum absolute atomic E-state index is 0.561. The average Bonchev–Trinajstić information content (AvgIpc) is 2.77. The minimum Gasteiger partial charge on any atom is -0.337 e. The molecule has 0 amide bonds. The molecule has 0 bridgehead atoms. The summed E-state index contributed by atoms with van der Waals surface area (Å²) in [6, 6.07) is 6.94. The molecule has 94 valence electrons. The van der Waals surface area contributed by atoms with Gasteiger partial charge in [0.1, 0.15) is 6.61 Å². The van der Waals surface area contributed by atoms with Gasteiger partial charge < -0.3 is 10.2 Å². The Labute approximate surface area is 103 Å². The van der Waals surface area contributed by atoms with Crippen molar-refractivity contribution < 1.29 is 9.78 Å². The summed E-state index contributed by atoms with van der Waals surface area (Å²) in [6.45, 7) is 5.97. The summed E-state index contributed by atoms with van der Waals surface area (Å²) in [7, 11) is 0. The monoisotopic (exact) mass is 235 g/mol. The zero-order valence-corrected chi connectivity index (χ0v) is 10.7. The second-order valence-electron chi connectivity index (χ2n) is 4.53. The molecule has 0 saturated heterocycles. The van der Waals surface area contributed by atoms with Crippen LogP contribution in [0.4, 0.5) is 0 Å². The number of nitrogens with one attached hydrogen (secondary N) is 1. The molecule has 0 aliphatic carbocycles. The van der Waals surface area contributed by atoms with Crippen LogP contribution in [-0.4, -0.2) is 12.6 Å². The number of benzene rings is 1. The fourth-order valence-corrected chi connectivity index (χ4v) is 2.28.